The van der Waals surface area contributed by atoms with Crippen LogP contribution in [0.15, 0.2) is 15.9 Å². The van der Waals surface area contributed by atoms with Crippen LogP contribution in [0.2, 0.25) is 0 Å². The molecule has 90 valence electrons. The number of hydrogen-bond donors (Lipinski definition) is 1. The van der Waals surface area contributed by atoms with Gasteiger partial charge in [-0.1, -0.05) is 32.1 Å². The second-order valence-corrected chi connectivity index (χ2v) is 7.46. The molecule has 3 heteroatoms. The Hall–Kier alpha value is 0.140. The van der Waals surface area contributed by atoms with Crippen molar-refractivity contribution in [2.24, 2.45) is 11.7 Å². The predicted octanol–water partition coefficient (Wildman–Crippen LogP) is 4.35. The molecule has 16 heavy (non-hydrogen) atoms. The lowest BCUT2D eigenvalue weighted by atomic mass is 9.84. The van der Waals surface area contributed by atoms with Crippen molar-refractivity contribution in [3.8, 4) is 0 Å². The smallest absolute Gasteiger partial charge is 0.0701 e. The van der Waals surface area contributed by atoms with E-state index in [0.717, 1.165) is 12.3 Å². The summed E-state index contributed by atoms with van der Waals surface area (Å²) in [7, 11) is 0. The molecule has 0 aromatic carbocycles. The van der Waals surface area contributed by atoms with E-state index in [1.165, 1.54) is 47.2 Å². The first-order chi connectivity index (χ1) is 7.74. The molecule has 1 aromatic rings. The van der Waals surface area contributed by atoms with E-state index in [1.54, 1.807) is 0 Å². The fourth-order valence-electron chi connectivity index (χ4n) is 2.65. The maximum atomic E-state index is 6.24. The van der Waals surface area contributed by atoms with Crippen molar-refractivity contribution >= 4 is 27.3 Å². The van der Waals surface area contributed by atoms with Crippen LogP contribution in [-0.2, 0) is 6.42 Å². The van der Waals surface area contributed by atoms with Gasteiger partial charge < -0.3 is 5.73 Å². The largest absolute Gasteiger partial charge is 0.327 e. The van der Waals surface area contributed by atoms with E-state index in [9.17, 15) is 0 Å². The zero-order valence-corrected chi connectivity index (χ0v) is 12.0. The lowest BCUT2D eigenvalue weighted by Gasteiger charge is -2.24. The maximum absolute atomic E-state index is 6.24. The van der Waals surface area contributed by atoms with E-state index in [1.807, 2.05) is 11.3 Å². The molecule has 1 atom stereocenters. The first kappa shape index (κ1) is 12.6. The fraction of sp³-hybridized carbons (Fsp3) is 0.692. The van der Waals surface area contributed by atoms with Crippen molar-refractivity contribution in [2.75, 3.05) is 0 Å². The maximum Gasteiger partial charge on any atom is 0.0701 e. The van der Waals surface area contributed by atoms with Crippen LogP contribution in [0.25, 0.3) is 0 Å². The van der Waals surface area contributed by atoms with Crippen molar-refractivity contribution in [1.82, 2.24) is 0 Å². The van der Waals surface area contributed by atoms with Crippen LogP contribution < -0.4 is 5.73 Å². The molecule has 1 nitrogen and oxygen atoms in total. The van der Waals surface area contributed by atoms with Gasteiger partial charge in [0.25, 0.3) is 0 Å². The van der Waals surface area contributed by atoms with Crippen molar-refractivity contribution in [2.45, 2.75) is 51.0 Å². The molecule has 1 aliphatic carbocycles. The Labute approximate surface area is 111 Å². The summed E-state index contributed by atoms with van der Waals surface area (Å²) in [4.78, 5) is 1.41. The van der Waals surface area contributed by atoms with Gasteiger partial charge in [-0.3, -0.25) is 0 Å². The molecule has 1 saturated carbocycles. The number of thiophene rings is 1. The topological polar surface area (TPSA) is 26.0 Å². The standard InChI is InChI=1S/C13H20BrNS/c14-13-7-6-12(16-13)9-11(15)8-10-4-2-1-3-5-10/h6-7,10-11H,1-5,8-9,15H2. The van der Waals surface area contributed by atoms with Gasteiger partial charge in [0.05, 0.1) is 3.79 Å². The normalized spacial score (nSPS) is 19.9. The number of halogens is 1. The van der Waals surface area contributed by atoms with Gasteiger partial charge in [0, 0.05) is 10.9 Å². The third-order valence-electron chi connectivity index (χ3n) is 3.45. The summed E-state index contributed by atoms with van der Waals surface area (Å²) in [5.74, 6) is 0.896. The Morgan fingerprint density at radius 2 is 2.06 bits per heavy atom. The first-order valence-corrected chi connectivity index (χ1v) is 7.85. The van der Waals surface area contributed by atoms with Gasteiger partial charge in [0.2, 0.25) is 0 Å². The molecule has 0 radical (unpaired) electrons. The summed E-state index contributed by atoms with van der Waals surface area (Å²) in [6, 6.07) is 4.66. The molecule has 0 spiro atoms. The highest BCUT2D eigenvalue weighted by atomic mass is 79.9. The van der Waals surface area contributed by atoms with Gasteiger partial charge in [-0.05, 0) is 46.8 Å². The molecule has 0 bridgehead atoms. The van der Waals surface area contributed by atoms with Crippen LogP contribution >= 0.6 is 27.3 Å². The third kappa shape index (κ3) is 3.86. The molecular weight excluding hydrogens is 282 g/mol. The second-order valence-electron chi connectivity index (χ2n) is 4.91. The molecule has 0 aliphatic heterocycles. The Bertz CT molecular complexity index is 317. The molecule has 1 aromatic heterocycles. The predicted molar refractivity (Wildman–Crippen MR) is 74.9 cm³/mol. The average molecular weight is 302 g/mol. The second kappa shape index (κ2) is 6.18. The minimum atomic E-state index is 0.355. The van der Waals surface area contributed by atoms with Crippen LogP contribution in [0.5, 0.6) is 0 Å². The minimum absolute atomic E-state index is 0.355. The Balaban J connectivity index is 1.77. The molecular formula is C13H20BrNS. The molecule has 1 fully saturated rings. The molecule has 2 rings (SSSR count). The summed E-state index contributed by atoms with van der Waals surface area (Å²) in [6.07, 6.45) is 9.35. The summed E-state index contributed by atoms with van der Waals surface area (Å²) in [6.45, 7) is 0. The van der Waals surface area contributed by atoms with Gasteiger partial charge in [-0.15, -0.1) is 11.3 Å². The number of rotatable bonds is 4. The van der Waals surface area contributed by atoms with Crippen molar-refractivity contribution in [1.29, 1.82) is 0 Å². The Kier molecular flexibility index (Phi) is 4.86. The lowest BCUT2D eigenvalue weighted by molar-refractivity contribution is 0.317. The van der Waals surface area contributed by atoms with E-state index in [4.69, 9.17) is 5.73 Å². The number of hydrogen-bond acceptors (Lipinski definition) is 2. The van der Waals surface area contributed by atoms with Crippen LogP contribution in [0.4, 0.5) is 0 Å². The first-order valence-electron chi connectivity index (χ1n) is 6.24. The van der Waals surface area contributed by atoms with E-state index >= 15 is 0 Å². The Morgan fingerprint density at radius 3 is 2.69 bits per heavy atom. The molecule has 0 amide bonds. The van der Waals surface area contributed by atoms with Gasteiger partial charge in [-0.25, -0.2) is 0 Å². The molecule has 2 N–H and O–H groups in total. The van der Waals surface area contributed by atoms with E-state index in [2.05, 4.69) is 28.1 Å². The van der Waals surface area contributed by atoms with Crippen LogP contribution in [0, 0.1) is 5.92 Å². The van der Waals surface area contributed by atoms with Crippen molar-refractivity contribution in [3.63, 3.8) is 0 Å². The highest BCUT2D eigenvalue weighted by Crippen LogP contribution is 2.29. The minimum Gasteiger partial charge on any atom is -0.327 e. The molecule has 1 heterocycles. The summed E-state index contributed by atoms with van der Waals surface area (Å²) < 4.78 is 1.22. The van der Waals surface area contributed by atoms with Crippen LogP contribution in [0.3, 0.4) is 0 Å². The van der Waals surface area contributed by atoms with Gasteiger partial charge in [0.15, 0.2) is 0 Å². The molecule has 1 aliphatic rings. The quantitative estimate of drug-likeness (QED) is 0.879. The monoisotopic (exact) mass is 301 g/mol. The zero-order chi connectivity index (χ0) is 11.4. The van der Waals surface area contributed by atoms with Crippen molar-refractivity contribution in [3.05, 3.63) is 20.8 Å². The SMILES string of the molecule is NC(Cc1ccc(Br)s1)CC1CCCCC1. The van der Waals surface area contributed by atoms with E-state index < -0.39 is 0 Å². The van der Waals surface area contributed by atoms with Gasteiger partial charge in [0.1, 0.15) is 0 Å². The van der Waals surface area contributed by atoms with E-state index in [-0.39, 0.29) is 0 Å². The lowest BCUT2D eigenvalue weighted by Crippen LogP contribution is -2.26. The molecule has 0 saturated heterocycles. The number of nitrogens with two attached hydrogens (primary N) is 1. The fourth-order valence-corrected chi connectivity index (χ4v) is 4.23. The van der Waals surface area contributed by atoms with Gasteiger partial charge in [-0.2, -0.15) is 0 Å². The van der Waals surface area contributed by atoms with Crippen molar-refractivity contribution < 1.29 is 0 Å². The van der Waals surface area contributed by atoms with Gasteiger partial charge >= 0.3 is 0 Å². The third-order valence-corrected chi connectivity index (χ3v) is 5.10. The highest BCUT2D eigenvalue weighted by Gasteiger charge is 2.17. The summed E-state index contributed by atoms with van der Waals surface area (Å²) in [5.41, 5.74) is 6.24. The Morgan fingerprint density at radius 1 is 1.31 bits per heavy atom. The van der Waals surface area contributed by atoms with Crippen LogP contribution in [-0.4, -0.2) is 6.04 Å². The van der Waals surface area contributed by atoms with Crippen LogP contribution in [0.1, 0.15) is 43.4 Å². The summed E-state index contributed by atoms with van der Waals surface area (Å²) >= 11 is 5.31. The summed E-state index contributed by atoms with van der Waals surface area (Å²) in [5, 5.41) is 0. The average Bonchev–Trinajstić information content (AvgIpc) is 2.65. The van der Waals surface area contributed by atoms with E-state index in [0.29, 0.717) is 6.04 Å². The zero-order valence-electron chi connectivity index (χ0n) is 9.62. The molecule has 1 unspecified atom stereocenters. The highest BCUT2D eigenvalue weighted by molar-refractivity contribution is 9.11.